The molecule has 3 atom stereocenters. The highest BCUT2D eigenvalue weighted by Gasteiger charge is 2.27. The Morgan fingerprint density at radius 1 is 1.24 bits per heavy atom. The summed E-state index contributed by atoms with van der Waals surface area (Å²) < 4.78 is 0. The van der Waals surface area contributed by atoms with Gasteiger partial charge in [0.15, 0.2) is 0 Å². The number of nitrogens with zero attached hydrogens (tertiary/aromatic N) is 1. The summed E-state index contributed by atoms with van der Waals surface area (Å²) in [6.07, 6.45) is 3.82. The second kappa shape index (κ2) is 4.82. The van der Waals surface area contributed by atoms with Crippen LogP contribution < -0.4 is 16.8 Å². The normalized spacial score (nSPS) is 28.9. The minimum absolute atomic E-state index is 0.409. The molecule has 17 heavy (non-hydrogen) atoms. The Morgan fingerprint density at radius 3 is 2.71 bits per heavy atom. The predicted molar refractivity (Wildman–Crippen MR) is 72.7 cm³/mol. The minimum atomic E-state index is 0.409. The van der Waals surface area contributed by atoms with Crippen LogP contribution in [0.3, 0.4) is 0 Å². The number of pyridine rings is 1. The topological polar surface area (TPSA) is 77.0 Å². The van der Waals surface area contributed by atoms with Crippen molar-refractivity contribution < 1.29 is 0 Å². The van der Waals surface area contributed by atoms with Gasteiger partial charge < -0.3 is 16.8 Å². The molecule has 2 rings (SSSR count). The first-order valence-corrected chi connectivity index (χ1v) is 6.36. The fourth-order valence-corrected chi connectivity index (χ4v) is 2.54. The summed E-state index contributed by atoms with van der Waals surface area (Å²) in [5.74, 6) is 2.69. The maximum absolute atomic E-state index is 5.71. The highest BCUT2D eigenvalue weighted by atomic mass is 15.0. The van der Waals surface area contributed by atoms with Crippen LogP contribution in [0.4, 0.5) is 17.3 Å². The largest absolute Gasteiger partial charge is 0.396 e. The summed E-state index contributed by atoms with van der Waals surface area (Å²) in [6.45, 7) is 4.63. The molecule has 0 spiro atoms. The molecule has 1 saturated carbocycles. The van der Waals surface area contributed by atoms with Crippen molar-refractivity contribution in [1.82, 2.24) is 4.98 Å². The van der Waals surface area contributed by atoms with Gasteiger partial charge in [0.25, 0.3) is 0 Å². The molecule has 0 bridgehead atoms. The Balaban J connectivity index is 2.07. The lowest BCUT2D eigenvalue weighted by atomic mass is 9.78. The number of nitrogen functional groups attached to an aromatic ring is 2. The number of aromatic nitrogens is 1. The monoisotopic (exact) mass is 234 g/mol. The van der Waals surface area contributed by atoms with E-state index in [0.717, 1.165) is 11.7 Å². The van der Waals surface area contributed by atoms with E-state index in [0.29, 0.717) is 23.5 Å². The number of hydrogen-bond acceptors (Lipinski definition) is 4. The summed E-state index contributed by atoms with van der Waals surface area (Å²) in [5, 5.41) is 3.48. The van der Waals surface area contributed by atoms with Crippen molar-refractivity contribution in [2.24, 2.45) is 11.8 Å². The first-order valence-electron chi connectivity index (χ1n) is 6.36. The summed E-state index contributed by atoms with van der Waals surface area (Å²) in [4.78, 5) is 4.27. The molecule has 0 saturated heterocycles. The van der Waals surface area contributed by atoms with Gasteiger partial charge in [-0.05, 0) is 30.4 Å². The summed E-state index contributed by atoms with van der Waals surface area (Å²) in [6, 6.07) is 4.20. The van der Waals surface area contributed by atoms with Gasteiger partial charge in [-0.1, -0.05) is 26.7 Å². The fraction of sp³-hybridized carbons (Fsp3) is 0.615. The molecule has 3 unspecified atom stereocenters. The number of rotatable bonds is 2. The summed E-state index contributed by atoms with van der Waals surface area (Å²) in [5.41, 5.74) is 11.9. The zero-order chi connectivity index (χ0) is 12.4. The van der Waals surface area contributed by atoms with Gasteiger partial charge in [0.1, 0.15) is 11.6 Å². The van der Waals surface area contributed by atoms with Crippen molar-refractivity contribution >= 4 is 17.3 Å². The van der Waals surface area contributed by atoms with E-state index in [2.05, 4.69) is 24.1 Å². The molecule has 94 valence electrons. The summed E-state index contributed by atoms with van der Waals surface area (Å²) in [7, 11) is 0. The first kappa shape index (κ1) is 12.0. The Kier molecular flexibility index (Phi) is 3.41. The van der Waals surface area contributed by atoms with Crippen LogP contribution in [0, 0.1) is 11.8 Å². The van der Waals surface area contributed by atoms with Crippen molar-refractivity contribution in [2.75, 3.05) is 16.8 Å². The van der Waals surface area contributed by atoms with Crippen LogP contribution in [-0.4, -0.2) is 11.0 Å². The number of anilines is 3. The molecule has 1 aliphatic carbocycles. The number of hydrogen-bond donors (Lipinski definition) is 3. The smallest absolute Gasteiger partial charge is 0.149 e. The van der Waals surface area contributed by atoms with Crippen LogP contribution in [0.15, 0.2) is 12.1 Å². The van der Waals surface area contributed by atoms with Gasteiger partial charge in [0.2, 0.25) is 0 Å². The number of nitrogens with one attached hydrogen (secondary N) is 1. The van der Waals surface area contributed by atoms with Gasteiger partial charge in [-0.2, -0.15) is 0 Å². The standard InChI is InChI=1S/C13H22N4/c1-8-4-3-5-11(9(8)2)16-12-7-6-10(14)13(15)17-12/h6-9,11H,3-5,14H2,1-2H3,(H3,15,16,17). The molecular formula is C13H22N4. The Morgan fingerprint density at radius 2 is 2.00 bits per heavy atom. The molecule has 0 aromatic carbocycles. The van der Waals surface area contributed by atoms with Gasteiger partial charge in [0.05, 0.1) is 5.69 Å². The molecule has 4 nitrogen and oxygen atoms in total. The first-order chi connectivity index (χ1) is 8.08. The Hall–Kier alpha value is -1.45. The quantitative estimate of drug-likeness (QED) is 0.734. The molecule has 0 amide bonds. The SMILES string of the molecule is CC1CCCC(Nc2ccc(N)c(N)n2)C1C. The van der Waals surface area contributed by atoms with Crippen molar-refractivity contribution in [1.29, 1.82) is 0 Å². The van der Waals surface area contributed by atoms with Gasteiger partial charge in [-0.3, -0.25) is 0 Å². The van der Waals surface area contributed by atoms with E-state index in [4.69, 9.17) is 11.5 Å². The van der Waals surface area contributed by atoms with Crippen LogP contribution in [0.5, 0.6) is 0 Å². The van der Waals surface area contributed by atoms with Crippen molar-refractivity contribution in [3.05, 3.63) is 12.1 Å². The zero-order valence-electron chi connectivity index (χ0n) is 10.6. The van der Waals surface area contributed by atoms with Crippen LogP contribution in [0.2, 0.25) is 0 Å². The minimum Gasteiger partial charge on any atom is -0.396 e. The zero-order valence-corrected chi connectivity index (χ0v) is 10.6. The van der Waals surface area contributed by atoms with Crippen LogP contribution in [-0.2, 0) is 0 Å². The van der Waals surface area contributed by atoms with E-state index in [1.165, 1.54) is 19.3 Å². The lowest BCUT2D eigenvalue weighted by Gasteiger charge is -2.35. The molecule has 1 heterocycles. The Bertz CT molecular complexity index is 391. The van der Waals surface area contributed by atoms with Crippen molar-refractivity contribution in [2.45, 2.75) is 39.2 Å². The lowest BCUT2D eigenvalue weighted by Crippen LogP contribution is -2.35. The van der Waals surface area contributed by atoms with E-state index in [1.807, 2.05) is 12.1 Å². The fourth-order valence-electron chi connectivity index (χ4n) is 2.54. The highest BCUT2D eigenvalue weighted by Crippen LogP contribution is 2.31. The maximum atomic E-state index is 5.71. The molecule has 5 N–H and O–H groups in total. The van der Waals surface area contributed by atoms with Gasteiger partial charge in [-0.25, -0.2) is 4.98 Å². The van der Waals surface area contributed by atoms with Crippen LogP contribution in [0.1, 0.15) is 33.1 Å². The van der Waals surface area contributed by atoms with E-state index in [9.17, 15) is 0 Å². The van der Waals surface area contributed by atoms with E-state index in [1.54, 1.807) is 0 Å². The predicted octanol–water partition coefficient (Wildman–Crippen LogP) is 2.48. The molecule has 1 fully saturated rings. The third-order valence-electron chi connectivity index (χ3n) is 4.00. The van der Waals surface area contributed by atoms with Gasteiger partial charge in [0, 0.05) is 6.04 Å². The maximum Gasteiger partial charge on any atom is 0.149 e. The molecule has 0 radical (unpaired) electrons. The average Bonchev–Trinajstić information content (AvgIpc) is 2.30. The highest BCUT2D eigenvalue weighted by molar-refractivity contribution is 5.61. The van der Waals surface area contributed by atoms with Gasteiger partial charge in [-0.15, -0.1) is 0 Å². The average molecular weight is 234 g/mol. The third kappa shape index (κ3) is 2.62. The third-order valence-corrected chi connectivity index (χ3v) is 4.00. The second-order valence-corrected chi connectivity index (χ2v) is 5.19. The molecular weight excluding hydrogens is 212 g/mol. The Labute approximate surface area is 103 Å². The lowest BCUT2D eigenvalue weighted by molar-refractivity contribution is 0.253. The molecule has 1 aliphatic rings. The van der Waals surface area contributed by atoms with E-state index in [-0.39, 0.29) is 0 Å². The van der Waals surface area contributed by atoms with Crippen LogP contribution in [0.25, 0.3) is 0 Å². The molecule has 4 heteroatoms. The van der Waals surface area contributed by atoms with E-state index < -0.39 is 0 Å². The number of nitrogens with two attached hydrogens (primary N) is 2. The summed E-state index contributed by atoms with van der Waals surface area (Å²) >= 11 is 0. The van der Waals surface area contributed by atoms with Crippen molar-refractivity contribution in [3.8, 4) is 0 Å². The molecule has 1 aromatic rings. The second-order valence-electron chi connectivity index (χ2n) is 5.19. The van der Waals surface area contributed by atoms with Gasteiger partial charge >= 0.3 is 0 Å². The van der Waals surface area contributed by atoms with Crippen molar-refractivity contribution in [3.63, 3.8) is 0 Å². The van der Waals surface area contributed by atoms with E-state index >= 15 is 0 Å². The molecule has 0 aliphatic heterocycles. The van der Waals surface area contributed by atoms with Crippen LogP contribution >= 0.6 is 0 Å². The molecule has 1 aromatic heterocycles.